The van der Waals surface area contributed by atoms with Crippen LogP contribution < -0.4 is 5.32 Å². The van der Waals surface area contributed by atoms with Gasteiger partial charge in [-0.2, -0.15) is 0 Å². The van der Waals surface area contributed by atoms with Gasteiger partial charge < -0.3 is 15.2 Å². The van der Waals surface area contributed by atoms with Crippen molar-refractivity contribution in [1.29, 1.82) is 0 Å². The van der Waals surface area contributed by atoms with E-state index in [1.807, 2.05) is 4.90 Å². The number of aromatic amines is 1. The highest BCUT2D eigenvalue weighted by molar-refractivity contribution is 9.10. The lowest BCUT2D eigenvalue weighted by atomic mass is 10.1. The number of H-pyrrole nitrogens is 1. The Bertz CT molecular complexity index is 650. The van der Waals surface area contributed by atoms with E-state index in [1.165, 1.54) is 16.6 Å². The molecule has 0 atom stereocenters. The van der Waals surface area contributed by atoms with Crippen LogP contribution in [0.25, 0.3) is 10.9 Å². The number of nitrogens with one attached hydrogen (secondary N) is 2. The first-order valence-corrected chi connectivity index (χ1v) is 7.69. The van der Waals surface area contributed by atoms with Crippen molar-refractivity contribution in [3.8, 4) is 0 Å². The fraction of sp³-hybridized carbons (Fsp3) is 0.400. The molecule has 0 radical (unpaired) electrons. The highest BCUT2D eigenvalue weighted by atomic mass is 79.9. The van der Waals surface area contributed by atoms with Gasteiger partial charge in [-0.25, -0.2) is 0 Å². The smallest absolute Gasteiger partial charge is 0.236 e. The van der Waals surface area contributed by atoms with Crippen molar-refractivity contribution in [2.45, 2.75) is 13.3 Å². The van der Waals surface area contributed by atoms with Gasteiger partial charge in [-0.15, -0.1) is 0 Å². The quantitative estimate of drug-likeness (QED) is 0.903. The number of carbonyl (C=O) groups is 1. The summed E-state index contributed by atoms with van der Waals surface area (Å²) in [5.74, 6) is 0.205. The Kier molecular flexibility index (Phi) is 3.81. The molecule has 5 heteroatoms. The molecule has 20 heavy (non-hydrogen) atoms. The van der Waals surface area contributed by atoms with E-state index in [0.717, 1.165) is 36.0 Å². The van der Waals surface area contributed by atoms with Crippen LogP contribution in [-0.2, 0) is 11.2 Å². The molecule has 1 amide bonds. The molecule has 2 N–H and O–H groups in total. The van der Waals surface area contributed by atoms with Gasteiger partial charge in [0.25, 0.3) is 0 Å². The van der Waals surface area contributed by atoms with E-state index in [4.69, 9.17) is 0 Å². The maximum Gasteiger partial charge on any atom is 0.236 e. The zero-order valence-corrected chi connectivity index (χ0v) is 13.1. The van der Waals surface area contributed by atoms with E-state index in [0.29, 0.717) is 6.54 Å². The predicted molar refractivity (Wildman–Crippen MR) is 83.9 cm³/mol. The Morgan fingerprint density at radius 1 is 1.40 bits per heavy atom. The zero-order chi connectivity index (χ0) is 14.1. The van der Waals surface area contributed by atoms with Crippen molar-refractivity contribution >= 4 is 32.7 Å². The lowest BCUT2D eigenvalue weighted by molar-refractivity contribution is -0.131. The first-order valence-electron chi connectivity index (χ1n) is 6.90. The van der Waals surface area contributed by atoms with Crippen LogP contribution in [0.2, 0.25) is 0 Å². The molecular weight excluding hydrogens is 318 g/mol. The van der Waals surface area contributed by atoms with Gasteiger partial charge in [-0.3, -0.25) is 4.79 Å². The summed E-state index contributed by atoms with van der Waals surface area (Å²) >= 11 is 3.50. The van der Waals surface area contributed by atoms with Crippen molar-refractivity contribution in [3.63, 3.8) is 0 Å². The third kappa shape index (κ3) is 2.60. The molecule has 1 saturated heterocycles. The summed E-state index contributed by atoms with van der Waals surface area (Å²) in [5.41, 5.74) is 3.66. The third-order valence-electron chi connectivity index (χ3n) is 3.90. The molecule has 0 bridgehead atoms. The second-order valence-electron chi connectivity index (χ2n) is 5.23. The Balaban J connectivity index is 1.80. The maximum atomic E-state index is 11.8. The van der Waals surface area contributed by atoms with E-state index in [-0.39, 0.29) is 5.91 Å². The van der Waals surface area contributed by atoms with Crippen molar-refractivity contribution in [3.05, 3.63) is 33.9 Å². The molecule has 1 aromatic carbocycles. The monoisotopic (exact) mass is 335 g/mol. The van der Waals surface area contributed by atoms with Crippen LogP contribution in [0, 0.1) is 6.92 Å². The van der Waals surface area contributed by atoms with Gasteiger partial charge >= 0.3 is 0 Å². The lowest BCUT2D eigenvalue weighted by Crippen LogP contribution is -2.48. The number of rotatable bonds is 3. The number of hydrogen-bond donors (Lipinski definition) is 2. The molecule has 0 saturated carbocycles. The Morgan fingerprint density at radius 2 is 2.25 bits per heavy atom. The van der Waals surface area contributed by atoms with E-state index in [1.54, 1.807) is 0 Å². The van der Waals surface area contributed by atoms with Crippen molar-refractivity contribution in [2.24, 2.45) is 0 Å². The number of aryl methyl sites for hydroxylation is 1. The van der Waals surface area contributed by atoms with E-state index in [2.05, 4.69) is 51.4 Å². The SMILES string of the molecule is Cc1[nH]c2cc(Br)ccc2c1CCN1CCNCC1=O. The number of nitrogens with zero attached hydrogens (tertiary/aromatic N) is 1. The molecule has 1 fully saturated rings. The normalized spacial score (nSPS) is 16.1. The van der Waals surface area contributed by atoms with Crippen LogP contribution in [0.4, 0.5) is 0 Å². The summed E-state index contributed by atoms with van der Waals surface area (Å²) < 4.78 is 1.08. The number of aromatic nitrogens is 1. The summed E-state index contributed by atoms with van der Waals surface area (Å²) in [5, 5.41) is 4.36. The van der Waals surface area contributed by atoms with E-state index in [9.17, 15) is 4.79 Å². The van der Waals surface area contributed by atoms with Gasteiger partial charge in [-0.1, -0.05) is 22.0 Å². The average Bonchev–Trinajstić information content (AvgIpc) is 2.73. The highest BCUT2D eigenvalue weighted by Gasteiger charge is 2.18. The van der Waals surface area contributed by atoms with Crippen molar-refractivity contribution < 1.29 is 4.79 Å². The lowest BCUT2D eigenvalue weighted by Gasteiger charge is -2.27. The summed E-state index contributed by atoms with van der Waals surface area (Å²) in [6.45, 7) is 5.07. The minimum absolute atomic E-state index is 0.205. The van der Waals surface area contributed by atoms with Gasteiger partial charge in [0.05, 0.1) is 6.54 Å². The molecule has 2 aromatic rings. The number of carbonyl (C=O) groups excluding carboxylic acids is 1. The van der Waals surface area contributed by atoms with Gasteiger partial charge in [0.15, 0.2) is 0 Å². The van der Waals surface area contributed by atoms with Crippen LogP contribution in [-0.4, -0.2) is 42.0 Å². The fourth-order valence-corrected chi connectivity index (χ4v) is 3.17. The number of hydrogen-bond acceptors (Lipinski definition) is 2. The minimum atomic E-state index is 0.205. The number of fused-ring (bicyclic) bond motifs is 1. The predicted octanol–water partition coefficient (Wildman–Crippen LogP) is 2.21. The molecule has 1 aromatic heterocycles. The third-order valence-corrected chi connectivity index (χ3v) is 4.39. The number of piperazine rings is 1. The van der Waals surface area contributed by atoms with Crippen LogP contribution >= 0.6 is 15.9 Å². The fourth-order valence-electron chi connectivity index (χ4n) is 2.81. The molecule has 1 aliphatic rings. The summed E-state index contributed by atoms with van der Waals surface area (Å²) in [4.78, 5) is 17.2. The van der Waals surface area contributed by atoms with Crippen LogP contribution in [0.15, 0.2) is 22.7 Å². The Labute approximate surface area is 126 Å². The zero-order valence-electron chi connectivity index (χ0n) is 11.5. The van der Waals surface area contributed by atoms with Gasteiger partial charge in [-0.05, 0) is 31.0 Å². The second kappa shape index (κ2) is 5.58. The molecule has 4 nitrogen and oxygen atoms in total. The molecule has 1 aliphatic heterocycles. The molecule has 106 valence electrons. The van der Waals surface area contributed by atoms with E-state index < -0.39 is 0 Å². The molecule has 0 aliphatic carbocycles. The first kappa shape index (κ1) is 13.6. The van der Waals surface area contributed by atoms with Crippen LogP contribution in [0.3, 0.4) is 0 Å². The van der Waals surface area contributed by atoms with Gasteiger partial charge in [0.1, 0.15) is 0 Å². The van der Waals surface area contributed by atoms with Gasteiger partial charge in [0, 0.05) is 40.7 Å². The average molecular weight is 336 g/mol. The summed E-state index contributed by atoms with van der Waals surface area (Å²) in [6.07, 6.45) is 0.902. The molecule has 0 unspecified atom stereocenters. The van der Waals surface area contributed by atoms with E-state index >= 15 is 0 Å². The Morgan fingerprint density at radius 3 is 3.05 bits per heavy atom. The first-order chi connectivity index (χ1) is 9.65. The maximum absolute atomic E-state index is 11.8. The number of benzene rings is 1. The second-order valence-corrected chi connectivity index (χ2v) is 6.14. The Hall–Kier alpha value is -1.33. The number of amides is 1. The standard InChI is InChI=1S/C15H18BrN3O/c1-10-12(4-6-19-7-5-17-9-15(19)20)13-3-2-11(16)8-14(13)18-10/h2-3,8,17-18H,4-7,9H2,1H3. The molecule has 2 heterocycles. The largest absolute Gasteiger partial charge is 0.358 e. The van der Waals surface area contributed by atoms with Crippen molar-refractivity contribution in [1.82, 2.24) is 15.2 Å². The molecular formula is C15H18BrN3O. The molecule has 0 spiro atoms. The van der Waals surface area contributed by atoms with Crippen LogP contribution in [0.1, 0.15) is 11.3 Å². The van der Waals surface area contributed by atoms with Crippen molar-refractivity contribution in [2.75, 3.05) is 26.2 Å². The summed E-state index contributed by atoms with van der Waals surface area (Å²) in [7, 11) is 0. The van der Waals surface area contributed by atoms with Crippen LogP contribution in [0.5, 0.6) is 0 Å². The molecule has 3 rings (SSSR count). The number of halogens is 1. The highest BCUT2D eigenvalue weighted by Crippen LogP contribution is 2.25. The summed E-state index contributed by atoms with van der Waals surface area (Å²) in [6, 6.07) is 6.30. The topological polar surface area (TPSA) is 48.1 Å². The van der Waals surface area contributed by atoms with Gasteiger partial charge in [0.2, 0.25) is 5.91 Å². The minimum Gasteiger partial charge on any atom is -0.358 e.